The summed E-state index contributed by atoms with van der Waals surface area (Å²) in [7, 11) is 0. The van der Waals surface area contributed by atoms with Crippen molar-refractivity contribution < 1.29 is 9.59 Å². The topological polar surface area (TPSA) is 78.4 Å². The molecule has 3 rings (SSSR count). The minimum Gasteiger partial charge on any atom is -0.352 e. The Kier molecular flexibility index (Phi) is 6.57. The predicted molar refractivity (Wildman–Crippen MR) is 108 cm³/mol. The van der Waals surface area contributed by atoms with Gasteiger partial charge in [0.15, 0.2) is 0 Å². The number of rotatable bonds is 6. The van der Waals surface area contributed by atoms with Gasteiger partial charge in [-0.3, -0.25) is 9.59 Å². The molecule has 1 saturated heterocycles. The van der Waals surface area contributed by atoms with Gasteiger partial charge in [0.25, 0.3) is 11.8 Å². The zero-order chi connectivity index (χ0) is 19.9. The molecule has 0 aliphatic carbocycles. The number of piperazine rings is 1. The van der Waals surface area contributed by atoms with Crippen LogP contribution in [0.3, 0.4) is 0 Å². The Balaban J connectivity index is 1.53. The van der Waals surface area contributed by atoms with Crippen molar-refractivity contribution in [3.63, 3.8) is 0 Å². The molecule has 7 nitrogen and oxygen atoms in total. The van der Waals surface area contributed by atoms with Crippen molar-refractivity contribution in [2.75, 3.05) is 37.6 Å². The number of carbonyl (C=O) groups is 2. The summed E-state index contributed by atoms with van der Waals surface area (Å²) in [6, 6.07) is 8.67. The highest BCUT2D eigenvalue weighted by atomic mass is 16.2. The SMILES string of the molecule is CC(C)CCNC(=O)c1ccc(C(=O)N2CCN(c3ncccn3)CC2)cc1. The number of nitrogens with one attached hydrogen (secondary N) is 1. The number of carbonyl (C=O) groups excluding carboxylic acids is 2. The van der Waals surface area contributed by atoms with Crippen LogP contribution < -0.4 is 10.2 Å². The molecular formula is C21H27N5O2. The Morgan fingerprint density at radius 1 is 1.00 bits per heavy atom. The summed E-state index contributed by atoms with van der Waals surface area (Å²) in [5.74, 6) is 1.13. The van der Waals surface area contributed by atoms with Gasteiger partial charge in [-0.05, 0) is 42.7 Å². The van der Waals surface area contributed by atoms with Gasteiger partial charge in [-0.25, -0.2) is 9.97 Å². The van der Waals surface area contributed by atoms with Crippen molar-refractivity contribution in [1.82, 2.24) is 20.2 Å². The number of nitrogens with zero attached hydrogens (tertiary/aromatic N) is 4. The fourth-order valence-electron chi connectivity index (χ4n) is 3.09. The van der Waals surface area contributed by atoms with Crippen LogP contribution in [-0.4, -0.2) is 59.4 Å². The van der Waals surface area contributed by atoms with E-state index < -0.39 is 0 Å². The van der Waals surface area contributed by atoms with Crippen LogP contribution in [0.1, 0.15) is 41.0 Å². The molecule has 1 fully saturated rings. The summed E-state index contributed by atoms with van der Waals surface area (Å²) in [5, 5.41) is 2.91. The van der Waals surface area contributed by atoms with Crippen molar-refractivity contribution in [3.8, 4) is 0 Å². The zero-order valence-electron chi connectivity index (χ0n) is 16.5. The first kappa shape index (κ1) is 19.8. The summed E-state index contributed by atoms with van der Waals surface area (Å²) < 4.78 is 0. The van der Waals surface area contributed by atoms with Crippen LogP contribution in [0.15, 0.2) is 42.7 Å². The molecule has 1 N–H and O–H groups in total. The summed E-state index contributed by atoms with van der Waals surface area (Å²) in [4.78, 5) is 37.3. The maximum Gasteiger partial charge on any atom is 0.253 e. The molecule has 0 atom stereocenters. The van der Waals surface area contributed by atoms with Crippen LogP contribution in [0.4, 0.5) is 5.95 Å². The average molecular weight is 381 g/mol. The smallest absolute Gasteiger partial charge is 0.253 e. The Bertz CT molecular complexity index is 784. The van der Waals surface area contributed by atoms with E-state index in [0.29, 0.717) is 55.7 Å². The molecule has 1 aliphatic rings. The molecule has 0 saturated carbocycles. The van der Waals surface area contributed by atoms with E-state index in [9.17, 15) is 9.59 Å². The van der Waals surface area contributed by atoms with E-state index in [1.54, 1.807) is 42.7 Å². The first-order valence-corrected chi connectivity index (χ1v) is 9.74. The maximum atomic E-state index is 12.7. The molecule has 2 heterocycles. The van der Waals surface area contributed by atoms with Crippen LogP contribution in [0.2, 0.25) is 0 Å². The molecule has 148 valence electrons. The summed E-state index contributed by atoms with van der Waals surface area (Å²) in [6.07, 6.45) is 4.39. The molecule has 1 aliphatic heterocycles. The normalized spacial score (nSPS) is 14.2. The van der Waals surface area contributed by atoms with Gasteiger partial charge in [0, 0.05) is 56.2 Å². The second kappa shape index (κ2) is 9.30. The van der Waals surface area contributed by atoms with Crippen molar-refractivity contribution in [2.24, 2.45) is 5.92 Å². The summed E-state index contributed by atoms with van der Waals surface area (Å²) in [5.41, 5.74) is 1.18. The number of benzene rings is 1. The second-order valence-electron chi connectivity index (χ2n) is 7.34. The standard InChI is InChI=1S/C21H27N5O2/c1-16(2)8-11-22-19(27)17-4-6-18(7-5-17)20(28)25-12-14-26(15-13-25)21-23-9-3-10-24-21/h3-7,9-10,16H,8,11-15H2,1-2H3,(H,22,27). The first-order chi connectivity index (χ1) is 13.5. The van der Waals surface area contributed by atoms with Gasteiger partial charge < -0.3 is 15.1 Å². The monoisotopic (exact) mass is 381 g/mol. The molecule has 0 spiro atoms. The van der Waals surface area contributed by atoms with Crippen molar-refractivity contribution in [2.45, 2.75) is 20.3 Å². The number of hydrogen-bond acceptors (Lipinski definition) is 5. The van der Waals surface area contributed by atoms with Gasteiger partial charge in [0.1, 0.15) is 0 Å². The van der Waals surface area contributed by atoms with E-state index in [4.69, 9.17) is 0 Å². The van der Waals surface area contributed by atoms with Gasteiger partial charge in [-0.15, -0.1) is 0 Å². The third-order valence-electron chi connectivity index (χ3n) is 4.80. The van der Waals surface area contributed by atoms with Gasteiger partial charge in [-0.2, -0.15) is 0 Å². The third kappa shape index (κ3) is 5.06. The summed E-state index contributed by atoms with van der Waals surface area (Å²) >= 11 is 0. The highest BCUT2D eigenvalue weighted by Gasteiger charge is 2.23. The fraction of sp³-hybridized carbons (Fsp3) is 0.429. The summed E-state index contributed by atoms with van der Waals surface area (Å²) in [6.45, 7) is 7.55. The van der Waals surface area contributed by atoms with Crippen LogP contribution in [0.5, 0.6) is 0 Å². The lowest BCUT2D eigenvalue weighted by Gasteiger charge is -2.34. The molecule has 0 radical (unpaired) electrons. The van der Waals surface area contributed by atoms with Gasteiger partial charge >= 0.3 is 0 Å². The van der Waals surface area contributed by atoms with Crippen molar-refractivity contribution in [3.05, 3.63) is 53.9 Å². The third-order valence-corrected chi connectivity index (χ3v) is 4.80. The Hall–Kier alpha value is -2.96. The second-order valence-corrected chi connectivity index (χ2v) is 7.34. The lowest BCUT2D eigenvalue weighted by molar-refractivity contribution is 0.0745. The van der Waals surface area contributed by atoms with Crippen molar-refractivity contribution >= 4 is 17.8 Å². The minimum atomic E-state index is -0.101. The number of anilines is 1. The van der Waals surface area contributed by atoms with Gasteiger partial charge in [0.05, 0.1) is 0 Å². The average Bonchev–Trinajstić information content (AvgIpc) is 2.74. The predicted octanol–water partition coefficient (Wildman–Crippen LogP) is 2.21. The minimum absolute atomic E-state index is 0.0135. The lowest BCUT2D eigenvalue weighted by atomic mass is 10.1. The molecule has 0 unspecified atom stereocenters. The van der Waals surface area contributed by atoms with E-state index >= 15 is 0 Å². The largest absolute Gasteiger partial charge is 0.352 e. The molecule has 1 aromatic carbocycles. The van der Waals surface area contributed by atoms with Crippen LogP contribution in [0, 0.1) is 5.92 Å². The quantitative estimate of drug-likeness (QED) is 0.830. The molecule has 28 heavy (non-hydrogen) atoms. The van der Waals surface area contributed by atoms with Crippen molar-refractivity contribution in [1.29, 1.82) is 0 Å². The highest BCUT2D eigenvalue weighted by molar-refractivity contribution is 5.97. The molecule has 2 aromatic rings. The molecular weight excluding hydrogens is 354 g/mol. The highest BCUT2D eigenvalue weighted by Crippen LogP contribution is 2.13. The Labute approximate surface area is 165 Å². The fourth-order valence-corrected chi connectivity index (χ4v) is 3.09. The molecule has 2 amide bonds. The lowest BCUT2D eigenvalue weighted by Crippen LogP contribution is -2.49. The molecule has 1 aromatic heterocycles. The van der Waals surface area contributed by atoms with E-state index in [1.165, 1.54) is 0 Å². The molecule has 0 bridgehead atoms. The molecule has 7 heteroatoms. The number of hydrogen-bond donors (Lipinski definition) is 1. The van der Waals surface area contributed by atoms with E-state index in [0.717, 1.165) is 6.42 Å². The van der Waals surface area contributed by atoms with Gasteiger partial charge in [0.2, 0.25) is 5.95 Å². The Morgan fingerprint density at radius 3 is 2.21 bits per heavy atom. The number of amides is 2. The van der Waals surface area contributed by atoms with Crippen LogP contribution >= 0.6 is 0 Å². The first-order valence-electron chi connectivity index (χ1n) is 9.74. The number of aromatic nitrogens is 2. The van der Waals surface area contributed by atoms with Crippen LogP contribution in [0.25, 0.3) is 0 Å². The van der Waals surface area contributed by atoms with Gasteiger partial charge in [-0.1, -0.05) is 13.8 Å². The van der Waals surface area contributed by atoms with E-state index in [2.05, 4.69) is 34.0 Å². The van der Waals surface area contributed by atoms with E-state index in [1.807, 2.05) is 4.90 Å². The van der Waals surface area contributed by atoms with E-state index in [-0.39, 0.29) is 11.8 Å². The Morgan fingerprint density at radius 2 is 1.61 bits per heavy atom. The zero-order valence-corrected chi connectivity index (χ0v) is 16.5. The van der Waals surface area contributed by atoms with Crippen LogP contribution in [-0.2, 0) is 0 Å². The maximum absolute atomic E-state index is 12.7.